The zero-order chi connectivity index (χ0) is 6.28. The van der Waals surface area contributed by atoms with Crippen molar-refractivity contribution in [1.29, 1.82) is 0 Å². The number of hydrogen-bond donors (Lipinski definition) is 1. The normalized spacial score (nSPS) is 5.38. The number of carboxylic acids is 1. The maximum atomic E-state index is 9.00. The van der Waals surface area contributed by atoms with Crippen LogP contribution in [0.4, 0.5) is 0 Å². The summed E-state index contributed by atoms with van der Waals surface area (Å²) in [5, 5.41) is 7.42. The summed E-state index contributed by atoms with van der Waals surface area (Å²) >= 11 is 0. The van der Waals surface area contributed by atoms with Gasteiger partial charge in [-0.15, -0.1) is 0 Å². The van der Waals surface area contributed by atoms with Gasteiger partial charge in [-0.25, -0.2) is 0 Å². The van der Waals surface area contributed by atoms with Crippen molar-refractivity contribution in [2.24, 2.45) is 0 Å². The molecule has 0 saturated heterocycles. The van der Waals surface area contributed by atoms with E-state index in [1.807, 2.05) is 0 Å². The average Bonchev–Trinajstić information content (AvgIpc) is 1.33. The molecule has 0 rings (SSSR count). The molecule has 0 aromatic carbocycles. The molecule has 0 aromatic heterocycles. The minimum atomic E-state index is -0.833. The second kappa shape index (κ2) is 15.7. The molecule has 0 aliphatic heterocycles. The maximum absolute atomic E-state index is 9.00. The van der Waals surface area contributed by atoms with Crippen molar-refractivity contribution in [3.63, 3.8) is 0 Å². The molecule has 4 heteroatoms. The van der Waals surface area contributed by atoms with Crippen molar-refractivity contribution in [2.45, 2.75) is 13.8 Å². The van der Waals surface area contributed by atoms with Crippen LogP contribution in [-0.4, -0.2) is 17.6 Å². The summed E-state index contributed by atoms with van der Waals surface area (Å²) < 4.78 is 0. The fraction of sp³-hybridized carbons (Fsp3) is 0.750. The fourth-order valence-corrected chi connectivity index (χ4v) is 0. The van der Waals surface area contributed by atoms with E-state index >= 15 is 0 Å². The molecule has 2 N–H and O–H groups in total. The van der Waals surface area contributed by atoms with E-state index in [0.29, 0.717) is 6.54 Å². The van der Waals surface area contributed by atoms with Crippen LogP contribution in [0.3, 0.4) is 0 Å². The molecule has 3 nitrogen and oxygen atoms in total. The van der Waals surface area contributed by atoms with Gasteiger partial charge in [-0.3, -0.25) is 4.79 Å². The van der Waals surface area contributed by atoms with E-state index in [2.05, 4.69) is 0 Å². The number of carboxylic acid groups (broad SMARTS) is 1. The molecule has 0 fully saturated rings. The van der Waals surface area contributed by atoms with E-state index in [0.717, 1.165) is 6.92 Å². The van der Waals surface area contributed by atoms with Gasteiger partial charge in [0, 0.05) is 6.92 Å². The standard InChI is InChI=1S/C2H6N.C2H4O2.Na/c1-2-3;1-2(3)4;/h3H,2H2,1H3;1H3,(H,3,4);/q-1;;+1. The van der Waals surface area contributed by atoms with Gasteiger partial charge in [-0.05, 0) is 0 Å². The maximum Gasteiger partial charge on any atom is 1.00 e. The molecular weight excluding hydrogens is 117 g/mol. The van der Waals surface area contributed by atoms with Crippen LogP contribution >= 0.6 is 0 Å². The number of nitrogens with one attached hydrogen (secondary N) is 1. The van der Waals surface area contributed by atoms with E-state index in [1.54, 1.807) is 6.92 Å². The second-order valence-corrected chi connectivity index (χ2v) is 0.873. The molecule has 8 heavy (non-hydrogen) atoms. The minimum Gasteiger partial charge on any atom is -0.678 e. The third-order valence-corrected chi connectivity index (χ3v) is 0. The Hall–Kier alpha value is 0.430. The molecule has 0 aromatic rings. The quantitative estimate of drug-likeness (QED) is 0.388. The molecule has 0 heterocycles. The van der Waals surface area contributed by atoms with Crippen molar-refractivity contribution < 1.29 is 39.5 Å². The first kappa shape index (κ1) is 15.8. The molecule has 0 unspecified atom stereocenters. The van der Waals surface area contributed by atoms with Crippen LogP contribution in [-0.2, 0) is 4.79 Å². The van der Waals surface area contributed by atoms with E-state index in [4.69, 9.17) is 15.6 Å². The molecule has 0 atom stereocenters. The van der Waals surface area contributed by atoms with Gasteiger partial charge in [0.25, 0.3) is 5.97 Å². The van der Waals surface area contributed by atoms with Crippen molar-refractivity contribution in [1.82, 2.24) is 0 Å². The molecular formula is C4H10NNaO2. The molecule has 0 saturated carbocycles. The summed E-state index contributed by atoms with van der Waals surface area (Å²) in [5.41, 5.74) is 6.21. The summed E-state index contributed by atoms with van der Waals surface area (Å²) in [6.45, 7) is 3.38. The number of rotatable bonds is 0. The molecule has 0 radical (unpaired) electrons. The fourth-order valence-electron chi connectivity index (χ4n) is 0. The summed E-state index contributed by atoms with van der Waals surface area (Å²) in [5.74, 6) is -0.833. The molecule has 0 aliphatic rings. The van der Waals surface area contributed by atoms with Crippen LogP contribution in [0.2, 0.25) is 0 Å². The first-order valence-corrected chi connectivity index (χ1v) is 1.99. The largest absolute Gasteiger partial charge is 1.00 e. The first-order chi connectivity index (χ1) is 3.15. The molecule has 0 amide bonds. The predicted octanol–water partition coefficient (Wildman–Crippen LogP) is -1.85. The molecule has 0 bridgehead atoms. The molecule has 0 aliphatic carbocycles. The minimum absolute atomic E-state index is 0. The zero-order valence-corrected chi connectivity index (χ0v) is 7.56. The van der Waals surface area contributed by atoms with Crippen molar-refractivity contribution in [3.05, 3.63) is 5.73 Å². The Balaban J connectivity index is -0.0000000575. The Kier molecular flexibility index (Phi) is 30.9. The van der Waals surface area contributed by atoms with Crippen molar-refractivity contribution >= 4 is 5.97 Å². The summed E-state index contributed by atoms with van der Waals surface area (Å²) in [7, 11) is 0. The molecule has 44 valence electrons. The summed E-state index contributed by atoms with van der Waals surface area (Å²) in [4.78, 5) is 9.00. The Bertz CT molecular complexity index is 45.3. The van der Waals surface area contributed by atoms with Crippen LogP contribution in [0.1, 0.15) is 13.8 Å². The topological polar surface area (TPSA) is 61.1 Å². The van der Waals surface area contributed by atoms with Crippen LogP contribution in [0.5, 0.6) is 0 Å². The Labute approximate surface area is 71.5 Å². The average molecular weight is 127 g/mol. The summed E-state index contributed by atoms with van der Waals surface area (Å²) in [6, 6.07) is 0. The van der Waals surface area contributed by atoms with Gasteiger partial charge in [-0.2, -0.15) is 6.54 Å². The third-order valence-electron chi connectivity index (χ3n) is 0. The third kappa shape index (κ3) is 1030. The molecule has 0 spiro atoms. The monoisotopic (exact) mass is 127 g/mol. The van der Waals surface area contributed by atoms with Gasteiger partial charge in [0.1, 0.15) is 0 Å². The van der Waals surface area contributed by atoms with Gasteiger partial charge < -0.3 is 10.8 Å². The first-order valence-electron chi connectivity index (χ1n) is 1.99. The van der Waals surface area contributed by atoms with Crippen LogP contribution in [0, 0.1) is 0 Å². The number of aliphatic carboxylic acids is 1. The smallest absolute Gasteiger partial charge is 0.678 e. The number of hydrogen-bond acceptors (Lipinski definition) is 1. The summed E-state index contributed by atoms with van der Waals surface area (Å²) in [6.07, 6.45) is 0. The Morgan fingerprint density at radius 3 is 1.75 bits per heavy atom. The zero-order valence-electron chi connectivity index (χ0n) is 5.56. The Morgan fingerprint density at radius 1 is 1.75 bits per heavy atom. The van der Waals surface area contributed by atoms with E-state index in [-0.39, 0.29) is 29.6 Å². The second-order valence-electron chi connectivity index (χ2n) is 0.873. The van der Waals surface area contributed by atoms with Crippen molar-refractivity contribution in [2.75, 3.05) is 6.54 Å². The van der Waals surface area contributed by atoms with E-state index in [1.165, 1.54) is 0 Å². The predicted molar refractivity (Wildman–Crippen MR) is 28.2 cm³/mol. The van der Waals surface area contributed by atoms with Crippen molar-refractivity contribution in [3.8, 4) is 0 Å². The van der Waals surface area contributed by atoms with Gasteiger partial charge in [0.05, 0.1) is 0 Å². The Morgan fingerprint density at radius 2 is 1.75 bits per heavy atom. The van der Waals surface area contributed by atoms with Crippen LogP contribution in [0.15, 0.2) is 0 Å². The van der Waals surface area contributed by atoms with Crippen LogP contribution < -0.4 is 29.6 Å². The van der Waals surface area contributed by atoms with Gasteiger partial charge in [0.2, 0.25) is 0 Å². The van der Waals surface area contributed by atoms with Gasteiger partial charge >= 0.3 is 29.6 Å². The van der Waals surface area contributed by atoms with Gasteiger partial charge in [-0.1, -0.05) is 6.92 Å². The SMILES string of the molecule is CC(=O)O.CC[NH-].[Na+]. The van der Waals surface area contributed by atoms with Gasteiger partial charge in [0.15, 0.2) is 0 Å². The van der Waals surface area contributed by atoms with E-state index in [9.17, 15) is 0 Å². The number of carbonyl (C=O) groups is 1. The van der Waals surface area contributed by atoms with E-state index < -0.39 is 5.97 Å². The van der Waals surface area contributed by atoms with Crippen LogP contribution in [0.25, 0.3) is 5.73 Å².